The second-order valence-electron chi connectivity index (χ2n) is 8.24. The average molecular weight is 469 g/mol. The molecule has 0 aromatic carbocycles. The third-order valence-electron chi connectivity index (χ3n) is 5.07. The second kappa shape index (κ2) is 9.78. The molecule has 0 aliphatic carbocycles. The van der Waals surface area contributed by atoms with Gasteiger partial charge in [0.2, 0.25) is 0 Å². The normalized spacial score (nSPS) is 46.1. The van der Waals surface area contributed by atoms with E-state index in [0.717, 1.165) is 24.9 Å². The van der Waals surface area contributed by atoms with Gasteiger partial charge < -0.3 is 35.4 Å². The lowest BCUT2D eigenvalue weighted by Crippen LogP contribution is -2.59. The van der Waals surface area contributed by atoms with Crippen molar-refractivity contribution in [2.75, 3.05) is 13.2 Å². The lowest BCUT2D eigenvalue weighted by molar-refractivity contribution is 0.0493. The Bertz CT molecular complexity index is 477. The number of ether oxygens (including phenoxy) is 4. The standard InChI is InChI=1S/C16H36O8Si4/c1-13-15(19-13)17-9-7-11-27(5)22-25(3)21-26(4)23-28(6,24-27)12-8-10-18-16-14(2)20-16/h13-16,25-26H,7-12H2,1-6H3. The van der Waals surface area contributed by atoms with Crippen molar-refractivity contribution in [2.45, 2.75) is 89.8 Å². The summed E-state index contributed by atoms with van der Waals surface area (Å²) in [5, 5.41) is 0. The molecule has 0 N–H and O–H groups in total. The van der Waals surface area contributed by atoms with Crippen LogP contribution in [0.25, 0.3) is 0 Å². The zero-order chi connectivity index (χ0) is 20.4. The maximum absolute atomic E-state index is 6.74. The van der Waals surface area contributed by atoms with Crippen LogP contribution < -0.4 is 0 Å². The molecule has 0 saturated carbocycles. The van der Waals surface area contributed by atoms with E-state index in [0.29, 0.717) is 13.2 Å². The predicted octanol–water partition coefficient (Wildman–Crippen LogP) is 2.21. The van der Waals surface area contributed by atoms with Crippen LogP contribution in [0, 0.1) is 0 Å². The van der Waals surface area contributed by atoms with Crippen molar-refractivity contribution >= 4 is 35.7 Å². The van der Waals surface area contributed by atoms with Crippen molar-refractivity contribution in [2.24, 2.45) is 0 Å². The number of hydrogen-bond donors (Lipinski definition) is 0. The van der Waals surface area contributed by atoms with Gasteiger partial charge in [-0.15, -0.1) is 0 Å². The third-order valence-corrected chi connectivity index (χ3v) is 20.8. The van der Waals surface area contributed by atoms with Crippen LogP contribution in [0.4, 0.5) is 0 Å². The Kier molecular flexibility index (Phi) is 8.11. The molecule has 12 heteroatoms. The van der Waals surface area contributed by atoms with Gasteiger partial charge in [-0.3, -0.25) is 0 Å². The molecule has 0 amide bonds. The first-order chi connectivity index (χ1) is 13.2. The molecule has 8 atom stereocenters. The summed E-state index contributed by atoms with van der Waals surface area (Å²) in [4.78, 5) is 0. The monoisotopic (exact) mass is 468 g/mol. The Morgan fingerprint density at radius 2 is 1.18 bits per heavy atom. The summed E-state index contributed by atoms with van der Waals surface area (Å²) in [6.07, 6.45) is 2.19. The van der Waals surface area contributed by atoms with E-state index in [1.807, 2.05) is 13.8 Å². The molecule has 3 heterocycles. The first-order valence-electron chi connectivity index (χ1n) is 10.4. The van der Waals surface area contributed by atoms with E-state index in [1.54, 1.807) is 0 Å². The maximum Gasteiger partial charge on any atom is 0.317 e. The molecular weight excluding hydrogens is 433 g/mol. The van der Waals surface area contributed by atoms with Crippen molar-refractivity contribution in [3.63, 3.8) is 0 Å². The summed E-state index contributed by atoms with van der Waals surface area (Å²) >= 11 is 0. The highest BCUT2D eigenvalue weighted by molar-refractivity contribution is 6.86. The Morgan fingerprint density at radius 1 is 0.786 bits per heavy atom. The van der Waals surface area contributed by atoms with Crippen LogP contribution in [0.2, 0.25) is 38.3 Å². The molecule has 3 aliphatic heterocycles. The van der Waals surface area contributed by atoms with E-state index in [1.165, 1.54) is 0 Å². The summed E-state index contributed by atoms with van der Waals surface area (Å²) in [6.45, 7) is 13.8. The Labute approximate surface area is 174 Å². The van der Waals surface area contributed by atoms with Gasteiger partial charge >= 0.3 is 17.1 Å². The van der Waals surface area contributed by atoms with Crippen LogP contribution in [0.1, 0.15) is 26.7 Å². The molecule has 3 saturated heterocycles. The number of hydrogen-bond acceptors (Lipinski definition) is 8. The largest absolute Gasteiger partial charge is 0.420 e. The molecule has 3 aliphatic rings. The summed E-state index contributed by atoms with van der Waals surface area (Å²) in [6, 6.07) is 1.75. The van der Waals surface area contributed by atoms with Gasteiger partial charge in [0.05, 0.1) is 0 Å². The van der Waals surface area contributed by atoms with Crippen LogP contribution in [0.15, 0.2) is 0 Å². The first-order valence-corrected chi connectivity index (χ1v) is 19.7. The second-order valence-corrected chi connectivity index (χ2v) is 19.8. The molecule has 3 rings (SSSR count). The van der Waals surface area contributed by atoms with Crippen molar-refractivity contribution in [1.29, 1.82) is 0 Å². The lowest BCUT2D eigenvalue weighted by Gasteiger charge is -2.42. The summed E-state index contributed by atoms with van der Waals surface area (Å²) in [5.74, 6) is 0. The zero-order valence-corrected chi connectivity index (χ0v) is 22.3. The molecular formula is C16H36O8Si4. The van der Waals surface area contributed by atoms with Crippen LogP contribution in [0.5, 0.6) is 0 Å². The van der Waals surface area contributed by atoms with Gasteiger partial charge in [0.1, 0.15) is 12.2 Å². The molecule has 0 spiro atoms. The Hall–Kier alpha value is 0.548. The molecule has 0 aromatic rings. The minimum atomic E-state index is -2.39. The molecule has 0 radical (unpaired) electrons. The van der Waals surface area contributed by atoms with E-state index in [2.05, 4.69) is 26.2 Å². The smallest absolute Gasteiger partial charge is 0.317 e. The highest BCUT2D eigenvalue weighted by atomic mass is 28.5. The fraction of sp³-hybridized carbons (Fsp3) is 1.00. The van der Waals surface area contributed by atoms with E-state index in [4.69, 9.17) is 35.4 Å². The molecule has 8 nitrogen and oxygen atoms in total. The highest BCUT2D eigenvalue weighted by Gasteiger charge is 2.47. The third kappa shape index (κ3) is 7.35. The topological polar surface area (TPSA) is 80.4 Å². The van der Waals surface area contributed by atoms with Gasteiger partial charge in [-0.2, -0.15) is 0 Å². The van der Waals surface area contributed by atoms with E-state index in [9.17, 15) is 0 Å². The fourth-order valence-electron chi connectivity index (χ4n) is 3.62. The maximum atomic E-state index is 6.74. The lowest BCUT2D eigenvalue weighted by atomic mass is 10.5. The van der Waals surface area contributed by atoms with E-state index in [-0.39, 0.29) is 24.8 Å². The quantitative estimate of drug-likeness (QED) is 0.274. The first kappa shape index (κ1) is 23.2. The highest BCUT2D eigenvalue weighted by Crippen LogP contribution is 2.30. The minimum Gasteiger partial charge on any atom is -0.420 e. The van der Waals surface area contributed by atoms with Gasteiger partial charge in [-0.25, -0.2) is 0 Å². The molecule has 164 valence electrons. The average Bonchev–Trinajstić information content (AvgIpc) is 3.46. The summed E-state index contributed by atoms with van der Waals surface area (Å²) in [7, 11) is -8.24. The van der Waals surface area contributed by atoms with Gasteiger partial charge in [-0.1, -0.05) is 0 Å². The van der Waals surface area contributed by atoms with Crippen LogP contribution in [-0.4, -0.2) is 73.7 Å². The number of rotatable bonds is 10. The van der Waals surface area contributed by atoms with Crippen molar-refractivity contribution in [3.05, 3.63) is 0 Å². The van der Waals surface area contributed by atoms with Crippen molar-refractivity contribution < 1.29 is 35.4 Å². The molecule has 0 bridgehead atoms. The van der Waals surface area contributed by atoms with E-state index < -0.39 is 35.7 Å². The zero-order valence-electron chi connectivity index (χ0n) is 18.0. The molecule has 8 unspecified atom stereocenters. The number of epoxide rings is 2. The van der Waals surface area contributed by atoms with Crippen LogP contribution in [-0.2, 0) is 35.4 Å². The van der Waals surface area contributed by atoms with E-state index >= 15 is 0 Å². The van der Waals surface area contributed by atoms with Crippen LogP contribution in [0.3, 0.4) is 0 Å². The summed E-state index contributed by atoms with van der Waals surface area (Å²) in [5.41, 5.74) is 0. The van der Waals surface area contributed by atoms with Crippen LogP contribution >= 0.6 is 0 Å². The SMILES string of the molecule is CC1OC1OCCC[Si]1(C)O[SiH](C)O[SiH](C)O[Si](C)(CCCOC2OC2C)O1. The molecule has 28 heavy (non-hydrogen) atoms. The Balaban J connectivity index is 1.49. The molecule has 3 fully saturated rings. The fourth-order valence-corrected chi connectivity index (χ4v) is 21.1. The molecule has 0 aromatic heterocycles. The Morgan fingerprint density at radius 3 is 1.54 bits per heavy atom. The van der Waals surface area contributed by atoms with Gasteiger partial charge in [-0.05, 0) is 65.0 Å². The van der Waals surface area contributed by atoms with Gasteiger partial charge in [0, 0.05) is 13.2 Å². The van der Waals surface area contributed by atoms with Crippen molar-refractivity contribution in [1.82, 2.24) is 0 Å². The minimum absolute atomic E-state index is 0.0294. The van der Waals surface area contributed by atoms with Gasteiger partial charge in [0.15, 0.2) is 12.6 Å². The van der Waals surface area contributed by atoms with Crippen molar-refractivity contribution in [3.8, 4) is 0 Å². The van der Waals surface area contributed by atoms with Gasteiger partial charge in [0.25, 0.3) is 18.6 Å². The summed E-state index contributed by atoms with van der Waals surface area (Å²) < 4.78 is 47.8. The predicted molar refractivity (Wildman–Crippen MR) is 113 cm³/mol.